The third-order valence-corrected chi connectivity index (χ3v) is 5.83. The number of sulfonamides is 1. The van der Waals surface area contributed by atoms with Gasteiger partial charge in [-0.3, -0.25) is 4.79 Å². The van der Waals surface area contributed by atoms with Crippen LogP contribution >= 0.6 is 0 Å². The van der Waals surface area contributed by atoms with Gasteiger partial charge in [-0.25, -0.2) is 22.1 Å². The van der Waals surface area contributed by atoms with Crippen molar-refractivity contribution in [2.24, 2.45) is 0 Å². The van der Waals surface area contributed by atoms with Crippen LogP contribution in [-0.4, -0.2) is 65.2 Å². The second-order valence-corrected chi connectivity index (χ2v) is 10.00. The summed E-state index contributed by atoms with van der Waals surface area (Å²) in [6, 6.07) is 5.28. The van der Waals surface area contributed by atoms with Crippen molar-refractivity contribution in [3.63, 3.8) is 0 Å². The van der Waals surface area contributed by atoms with Gasteiger partial charge in [-0.1, -0.05) is 26.0 Å². The minimum Gasteiger partial charge on any atom is -0.481 e. The minimum atomic E-state index is -3.70. The second-order valence-electron chi connectivity index (χ2n) is 7.99. The fourth-order valence-electron chi connectivity index (χ4n) is 2.91. The summed E-state index contributed by atoms with van der Waals surface area (Å²) in [5.74, 6) is -2.12. The molecule has 12 heteroatoms. The molecule has 3 N–H and O–H groups in total. The molecular formula is C22H28FN3O7S. The summed E-state index contributed by atoms with van der Waals surface area (Å²) in [6.45, 7) is 3.62. The molecule has 0 bridgehead atoms. The van der Waals surface area contributed by atoms with Crippen molar-refractivity contribution in [3.05, 3.63) is 47.4 Å². The van der Waals surface area contributed by atoms with Crippen molar-refractivity contribution in [1.29, 1.82) is 0 Å². The summed E-state index contributed by atoms with van der Waals surface area (Å²) in [5, 5.41) is 28.7. The van der Waals surface area contributed by atoms with E-state index < -0.39 is 40.4 Å². The van der Waals surface area contributed by atoms with Gasteiger partial charge in [0.2, 0.25) is 21.9 Å². The predicted octanol–water partition coefficient (Wildman–Crippen LogP) is 2.53. The molecular weight excluding hydrogens is 469 g/mol. The number of anilines is 1. The van der Waals surface area contributed by atoms with E-state index in [2.05, 4.69) is 9.97 Å². The summed E-state index contributed by atoms with van der Waals surface area (Å²) in [4.78, 5) is 19.3. The molecule has 1 aromatic carbocycles. The molecule has 0 saturated heterocycles. The van der Waals surface area contributed by atoms with Gasteiger partial charge in [0.1, 0.15) is 11.6 Å². The van der Waals surface area contributed by atoms with Crippen molar-refractivity contribution in [1.82, 2.24) is 9.97 Å². The lowest BCUT2D eigenvalue weighted by Crippen LogP contribution is -2.27. The first-order valence-electron chi connectivity index (χ1n) is 10.3. The number of carbonyl (C=O) groups is 1. The Morgan fingerprint density at radius 3 is 2.50 bits per heavy atom. The number of carboxylic acid groups (broad SMARTS) is 1. The summed E-state index contributed by atoms with van der Waals surface area (Å²) in [6.07, 6.45) is 0.536. The van der Waals surface area contributed by atoms with Crippen molar-refractivity contribution in [2.45, 2.75) is 44.8 Å². The lowest BCUT2D eigenvalue weighted by atomic mass is 10.0. The van der Waals surface area contributed by atoms with Gasteiger partial charge in [0, 0.05) is 19.5 Å². The first kappa shape index (κ1) is 27.2. The monoisotopic (exact) mass is 497 g/mol. The molecule has 2 aromatic rings. The molecule has 0 unspecified atom stereocenters. The van der Waals surface area contributed by atoms with Gasteiger partial charge in [0.15, 0.2) is 0 Å². The van der Waals surface area contributed by atoms with Gasteiger partial charge in [0.05, 0.1) is 36.1 Å². The molecule has 34 heavy (non-hydrogen) atoms. The van der Waals surface area contributed by atoms with Crippen LogP contribution in [-0.2, 0) is 14.8 Å². The van der Waals surface area contributed by atoms with Gasteiger partial charge < -0.3 is 20.1 Å². The molecule has 0 fully saturated rings. The largest absolute Gasteiger partial charge is 0.481 e. The molecule has 0 aliphatic heterocycles. The number of aliphatic hydroxyl groups is 2. The Balaban J connectivity index is 2.55. The zero-order valence-electron chi connectivity index (χ0n) is 19.2. The van der Waals surface area contributed by atoms with Crippen molar-refractivity contribution in [2.75, 3.05) is 17.6 Å². The molecule has 2 atom stereocenters. The van der Waals surface area contributed by atoms with Crippen LogP contribution in [0.5, 0.6) is 11.6 Å². The lowest BCUT2D eigenvalue weighted by molar-refractivity contribution is -0.139. The number of ether oxygens (including phenoxy) is 1. The van der Waals surface area contributed by atoms with Gasteiger partial charge >= 0.3 is 5.97 Å². The van der Waals surface area contributed by atoms with E-state index >= 15 is 0 Å². The minimum absolute atomic E-state index is 0.0793. The summed E-state index contributed by atoms with van der Waals surface area (Å²) < 4.78 is 44.4. The highest BCUT2D eigenvalue weighted by Crippen LogP contribution is 2.32. The number of rotatable bonds is 11. The predicted molar refractivity (Wildman–Crippen MR) is 124 cm³/mol. The molecule has 0 saturated carbocycles. The highest BCUT2D eigenvalue weighted by Gasteiger charge is 2.23. The van der Waals surface area contributed by atoms with Crippen LogP contribution in [0, 0.1) is 5.82 Å². The maximum absolute atomic E-state index is 13.7. The van der Waals surface area contributed by atoms with E-state index in [0.29, 0.717) is 11.3 Å². The molecule has 0 radical (unpaired) electrons. The van der Waals surface area contributed by atoms with E-state index in [9.17, 15) is 27.8 Å². The van der Waals surface area contributed by atoms with Crippen molar-refractivity contribution >= 4 is 28.0 Å². The zero-order chi connectivity index (χ0) is 25.6. The Morgan fingerprint density at radius 2 is 1.94 bits per heavy atom. The molecule has 1 heterocycles. The van der Waals surface area contributed by atoms with Gasteiger partial charge in [0.25, 0.3) is 0 Å². The summed E-state index contributed by atoms with van der Waals surface area (Å²) >= 11 is 0. The van der Waals surface area contributed by atoms with Crippen molar-refractivity contribution < 1.29 is 37.7 Å². The molecule has 2 rings (SSSR count). The number of aromatic nitrogens is 2. The SMILES string of the molecule is CC(C)c1nc(N(C)S(C)(=O)=O)nc(Oc2cccc(F)c2)c1/C=C/[C@@H](O)C[C@@H](O)CC(=O)O. The van der Waals surface area contributed by atoms with Crippen LogP contribution in [0.25, 0.3) is 6.08 Å². The topological polar surface area (TPSA) is 150 Å². The molecule has 1 aromatic heterocycles. The number of hydrogen-bond donors (Lipinski definition) is 3. The number of hydrogen-bond acceptors (Lipinski definition) is 8. The highest BCUT2D eigenvalue weighted by atomic mass is 32.2. The van der Waals surface area contributed by atoms with Crippen molar-refractivity contribution in [3.8, 4) is 11.6 Å². The molecule has 186 valence electrons. The smallest absolute Gasteiger partial charge is 0.305 e. The maximum atomic E-state index is 13.7. The third kappa shape index (κ3) is 7.75. The Hall–Kier alpha value is -3.09. The average Bonchev–Trinajstić information content (AvgIpc) is 2.70. The van der Waals surface area contributed by atoms with E-state index in [1.165, 1.54) is 37.4 Å². The number of aliphatic carboxylic acids is 1. The fourth-order valence-corrected chi connectivity index (χ4v) is 3.29. The second kappa shape index (κ2) is 11.4. The molecule has 0 aliphatic rings. The van der Waals surface area contributed by atoms with Crippen LogP contribution < -0.4 is 9.04 Å². The van der Waals surface area contributed by atoms with E-state index in [0.717, 1.165) is 16.6 Å². The fraction of sp³-hybridized carbons (Fsp3) is 0.409. The molecule has 0 amide bonds. The lowest BCUT2D eigenvalue weighted by Gasteiger charge is -2.20. The zero-order valence-corrected chi connectivity index (χ0v) is 20.0. The number of aliphatic hydroxyl groups excluding tert-OH is 2. The Morgan fingerprint density at radius 1 is 1.26 bits per heavy atom. The standard InChI is InChI=1S/C22H28FN3O7S/c1-13(2)20-18(9-8-15(27)11-16(28)12-19(29)30)21(33-17-7-5-6-14(23)10-17)25-22(24-20)26(3)34(4,31)32/h5-10,13,15-16,27-28H,11-12H2,1-4H3,(H,29,30)/b9-8+/t15-,16-/m1/s1. The van der Waals surface area contributed by atoms with Crippen LogP contribution in [0.2, 0.25) is 0 Å². The Bertz CT molecular complexity index is 1160. The quantitative estimate of drug-likeness (QED) is 0.425. The third-order valence-electron chi connectivity index (χ3n) is 4.67. The number of nitrogens with zero attached hydrogens (tertiary/aromatic N) is 3. The first-order valence-corrected chi connectivity index (χ1v) is 12.2. The molecule has 0 aliphatic carbocycles. The molecule has 0 spiro atoms. The normalized spacial score (nSPS) is 13.8. The van der Waals surface area contributed by atoms with Crippen LogP contribution in [0.3, 0.4) is 0 Å². The first-order chi connectivity index (χ1) is 15.8. The van der Waals surface area contributed by atoms with E-state index in [4.69, 9.17) is 9.84 Å². The number of benzene rings is 1. The molecule has 10 nitrogen and oxygen atoms in total. The number of carboxylic acids is 1. The van der Waals surface area contributed by atoms with Gasteiger partial charge in [-0.05, 0) is 24.1 Å². The van der Waals surface area contributed by atoms with E-state index in [1.54, 1.807) is 0 Å². The van der Waals surface area contributed by atoms with Crippen LogP contribution in [0.4, 0.5) is 10.3 Å². The van der Waals surface area contributed by atoms with Crippen LogP contribution in [0.1, 0.15) is 43.9 Å². The Kier molecular flexibility index (Phi) is 9.07. The van der Waals surface area contributed by atoms with Gasteiger partial charge in [-0.15, -0.1) is 0 Å². The summed E-state index contributed by atoms with van der Waals surface area (Å²) in [7, 11) is -2.42. The number of halogens is 1. The Labute approximate surface area is 197 Å². The van der Waals surface area contributed by atoms with E-state index in [1.807, 2.05) is 13.8 Å². The van der Waals surface area contributed by atoms with E-state index in [-0.39, 0.29) is 29.9 Å². The highest BCUT2D eigenvalue weighted by molar-refractivity contribution is 7.92. The van der Waals surface area contributed by atoms with Crippen LogP contribution in [0.15, 0.2) is 30.3 Å². The maximum Gasteiger partial charge on any atom is 0.305 e. The van der Waals surface area contributed by atoms with Gasteiger partial charge in [-0.2, -0.15) is 4.98 Å². The summed E-state index contributed by atoms with van der Waals surface area (Å²) in [5.41, 5.74) is 0.693. The average molecular weight is 498 g/mol.